The van der Waals surface area contributed by atoms with Gasteiger partial charge in [0, 0.05) is 18.9 Å². The third kappa shape index (κ3) is 24.0. The van der Waals surface area contributed by atoms with E-state index < -0.39 is 98.4 Å². The highest BCUT2D eigenvalue weighted by Crippen LogP contribution is 2.27. The Labute approximate surface area is 356 Å². The van der Waals surface area contributed by atoms with Crippen LogP contribution in [0.1, 0.15) is 119 Å². The van der Waals surface area contributed by atoms with Gasteiger partial charge in [-0.15, -0.1) is 0 Å². The summed E-state index contributed by atoms with van der Waals surface area (Å²) in [5.41, 5.74) is 15.1. The number of carbonyl (C=O) groups is 8. The fraction of sp³-hybridized carbons (Fsp3) is 0.795. The van der Waals surface area contributed by atoms with Gasteiger partial charge in [-0.25, -0.2) is 0 Å². The van der Waals surface area contributed by atoms with Crippen LogP contribution in [0.3, 0.4) is 0 Å². The predicted molar refractivity (Wildman–Crippen MR) is 230 cm³/mol. The molecule has 0 aromatic heterocycles. The van der Waals surface area contributed by atoms with Crippen LogP contribution >= 0.6 is 8.58 Å². The number of ketones is 1. The molecule has 15 N–H and O–H groups in total. The van der Waals surface area contributed by atoms with Gasteiger partial charge in [-0.2, -0.15) is 0 Å². The van der Waals surface area contributed by atoms with Crippen LogP contribution in [0.5, 0.6) is 0 Å². The van der Waals surface area contributed by atoms with Crippen molar-refractivity contribution in [3.8, 4) is 0 Å². The van der Waals surface area contributed by atoms with E-state index >= 15 is 0 Å². The minimum Gasteiger partial charge on any atom is -0.394 e. The Morgan fingerprint density at radius 1 is 0.683 bits per heavy atom. The van der Waals surface area contributed by atoms with Gasteiger partial charge in [-0.3, -0.25) is 43.7 Å². The lowest BCUT2D eigenvalue weighted by atomic mass is 10.1. The summed E-state index contributed by atoms with van der Waals surface area (Å²) in [5.74, 6) is -4.31. The number of hydrogen-bond acceptors (Lipinski definition) is 14. The average Bonchev–Trinajstić information content (AvgIpc) is 3.19. The largest absolute Gasteiger partial charge is 0.394 e. The van der Waals surface area contributed by atoms with E-state index in [1.807, 2.05) is 20.8 Å². The van der Waals surface area contributed by atoms with Gasteiger partial charge in [0.05, 0.1) is 24.3 Å². The highest BCUT2D eigenvalue weighted by atomic mass is 31.1. The fourth-order valence-corrected chi connectivity index (χ4v) is 7.13. The molecule has 0 aromatic carbocycles. The normalized spacial score (nSPS) is 16.0. The van der Waals surface area contributed by atoms with Gasteiger partial charge in [-0.1, -0.05) is 26.7 Å². The summed E-state index contributed by atoms with van der Waals surface area (Å²) in [4.78, 5) is 103. The molecule has 0 spiro atoms. The van der Waals surface area contributed by atoms with Crippen molar-refractivity contribution in [2.75, 3.05) is 26.2 Å². The van der Waals surface area contributed by atoms with E-state index in [-0.39, 0.29) is 50.0 Å². The summed E-state index contributed by atoms with van der Waals surface area (Å²) in [7, 11) is -0.633. The van der Waals surface area contributed by atoms with E-state index in [0.717, 1.165) is 19.3 Å². The SMILES string of the molecule is CCCC(PC(=O)C(CC(C)=O)NC(O)C(C)NC(=O)C(CO)NC(=O)C(CCCNC(C)CC)NC(=O)C(CCCN)NC(=O)CCCCCN)C(=O)NC(C)C(N)=O. The first-order valence-corrected chi connectivity index (χ1v) is 22.2. The Bertz CT molecular complexity index is 1360. The quantitative estimate of drug-likeness (QED) is 0.0186. The molecule has 0 saturated carbocycles. The van der Waals surface area contributed by atoms with Crippen LogP contribution in [0.2, 0.25) is 0 Å². The summed E-state index contributed by atoms with van der Waals surface area (Å²) < 4.78 is 0. The molecule has 10 unspecified atom stereocenters. The van der Waals surface area contributed by atoms with Crippen molar-refractivity contribution in [2.45, 2.75) is 173 Å². The zero-order valence-corrected chi connectivity index (χ0v) is 37.4. The predicted octanol–water partition coefficient (Wildman–Crippen LogP) is -2.02. The maximum atomic E-state index is 13.7. The van der Waals surface area contributed by atoms with Crippen LogP contribution < -0.4 is 54.4 Å². The number of nitrogens with one attached hydrogen (secondary N) is 7. The summed E-state index contributed by atoms with van der Waals surface area (Å²) in [5, 5.41) is 40.0. The monoisotopic (exact) mass is 875 g/mol. The van der Waals surface area contributed by atoms with Crippen molar-refractivity contribution in [1.29, 1.82) is 0 Å². The van der Waals surface area contributed by atoms with E-state index in [2.05, 4.69) is 37.2 Å². The molecule has 0 aliphatic carbocycles. The molecule has 6 amide bonds. The molecular formula is C39H75N10O10P. The molecule has 0 fully saturated rings. The number of aliphatic hydroxyl groups excluding tert-OH is 2. The number of carbonyl (C=O) groups excluding carboxylic acids is 8. The lowest BCUT2D eigenvalue weighted by Crippen LogP contribution is -2.60. The van der Waals surface area contributed by atoms with Crippen molar-refractivity contribution in [3.05, 3.63) is 0 Å². The second kappa shape index (κ2) is 32.1. The maximum absolute atomic E-state index is 13.7. The molecular weight excluding hydrogens is 799 g/mol. The third-order valence-electron chi connectivity index (χ3n) is 9.70. The molecule has 0 bridgehead atoms. The smallest absolute Gasteiger partial charge is 0.245 e. The Morgan fingerprint density at radius 2 is 1.27 bits per heavy atom. The minimum atomic E-state index is -1.61. The van der Waals surface area contributed by atoms with Gasteiger partial charge < -0.3 is 59.3 Å². The summed E-state index contributed by atoms with van der Waals surface area (Å²) >= 11 is 0. The topological polar surface area (TPSA) is 339 Å². The Kier molecular flexibility index (Phi) is 30.2. The Hall–Kier alpha value is -3.65. The number of amides is 6. The van der Waals surface area contributed by atoms with Crippen LogP contribution in [-0.2, 0) is 38.4 Å². The number of nitrogens with two attached hydrogens (primary N) is 3. The second-order valence-electron chi connectivity index (χ2n) is 15.2. The molecule has 0 radical (unpaired) electrons. The molecule has 0 saturated heterocycles. The van der Waals surface area contributed by atoms with Crippen molar-refractivity contribution in [2.24, 2.45) is 17.2 Å². The molecule has 20 nitrogen and oxygen atoms in total. The van der Waals surface area contributed by atoms with Crippen molar-refractivity contribution < 1.29 is 48.6 Å². The van der Waals surface area contributed by atoms with Gasteiger partial charge in [0.25, 0.3) is 0 Å². The van der Waals surface area contributed by atoms with Gasteiger partial charge in [0.15, 0.2) is 5.52 Å². The minimum absolute atomic E-state index is 0.146. The Balaban J connectivity index is 5.94. The van der Waals surface area contributed by atoms with E-state index in [1.54, 1.807) is 0 Å². The molecule has 0 aliphatic rings. The number of hydrogen-bond donors (Lipinski definition) is 12. The summed E-state index contributed by atoms with van der Waals surface area (Å²) in [6.07, 6.45) is 3.32. The molecule has 0 aliphatic heterocycles. The van der Waals surface area contributed by atoms with Gasteiger partial charge in [-0.05, 0) is 107 Å². The lowest BCUT2D eigenvalue weighted by Gasteiger charge is -2.28. The van der Waals surface area contributed by atoms with Crippen LogP contribution in [0.25, 0.3) is 0 Å². The van der Waals surface area contributed by atoms with Crippen LogP contribution in [0, 0.1) is 0 Å². The first-order chi connectivity index (χ1) is 28.3. The van der Waals surface area contributed by atoms with Crippen LogP contribution in [0.15, 0.2) is 0 Å². The summed E-state index contributed by atoms with van der Waals surface area (Å²) in [6, 6.07) is -6.80. The molecule has 0 heterocycles. The summed E-state index contributed by atoms with van der Waals surface area (Å²) in [6.45, 7) is 10.3. The van der Waals surface area contributed by atoms with Crippen molar-refractivity contribution >= 4 is 55.3 Å². The first kappa shape index (κ1) is 56.4. The number of primary amides is 1. The first-order valence-electron chi connectivity index (χ1n) is 21.1. The number of rotatable bonds is 35. The molecule has 21 heteroatoms. The molecule has 0 rings (SSSR count). The fourth-order valence-electron chi connectivity index (χ4n) is 5.75. The number of Topliss-reactive ketones (excluding diaryl/α,β-unsaturated/α-hetero) is 1. The number of aliphatic hydroxyl groups is 2. The average molecular weight is 875 g/mol. The molecule has 0 aromatic rings. The third-order valence-corrected chi connectivity index (χ3v) is 11.2. The highest BCUT2D eigenvalue weighted by Gasteiger charge is 2.33. The second-order valence-corrected chi connectivity index (χ2v) is 16.7. The number of unbranched alkanes of at least 4 members (excludes halogenated alkanes) is 2. The standard InChI is InChI=1S/C39H75N10O10P/c1-7-14-31(38(58)44-25(5)33(42)53)60-39(59)29(21-24(4)51)48-34(54)26(6)45-37(57)30(22-50)49-36(56)28(16-13-20-43-23(3)8-2)47-35(55)27(15-12-19-41)46-32(52)17-10-9-11-18-40/h23,25-31,34,43,48,50,54,60H,7-22,40-41H2,1-6H3,(H2,42,53)(H,44,58)(H,45,57)(H,46,52)(H,47,55)(H,49,56). The van der Waals surface area contributed by atoms with E-state index in [4.69, 9.17) is 17.2 Å². The molecule has 346 valence electrons. The van der Waals surface area contributed by atoms with Gasteiger partial charge >= 0.3 is 0 Å². The van der Waals surface area contributed by atoms with Crippen molar-refractivity contribution in [3.63, 3.8) is 0 Å². The highest BCUT2D eigenvalue weighted by molar-refractivity contribution is 7.59. The molecule has 60 heavy (non-hydrogen) atoms. The zero-order chi connectivity index (χ0) is 45.8. The molecule has 10 atom stereocenters. The maximum Gasteiger partial charge on any atom is 0.245 e. The van der Waals surface area contributed by atoms with Gasteiger partial charge in [0.2, 0.25) is 35.4 Å². The van der Waals surface area contributed by atoms with Crippen LogP contribution in [-0.4, -0.2) is 137 Å². The van der Waals surface area contributed by atoms with E-state index in [1.165, 1.54) is 20.8 Å². The van der Waals surface area contributed by atoms with E-state index in [9.17, 15) is 48.6 Å². The Morgan fingerprint density at radius 3 is 1.82 bits per heavy atom. The van der Waals surface area contributed by atoms with Crippen molar-refractivity contribution in [1.82, 2.24) is 37.2 Å². The zero-order valence-electron chi connectivity index (χ0n) is 36.4. The lowest BCUT2D eigenvalue weighted by molar-refractivity contribution is -0.134. The van der Waals surface area contributed by atoms with E-state index in [0.29, 0.717) is 45.2 Å². The van der Waals surface area contributed by atoms with Gasteiger partial charge in [0.1, 0.15) is 36.2 Å². The van der Waals surface area contributed by atoms with Crippen LogP contribution in [0.4, 0.5) is 0 Å².